The Morgan fingerprint density at radius 1 is 1.38 bits per heavy atom. The van der Waals surface area contributed by atoms with Crippen molar-refractivity contribution in [3.05, 3.63) is 31.0 Å². The quantitative estimate of drug-likeness (QED) is 0.847. The first-order chi connectivity index (χ1) is 7.75. The van der Waals surface area contributed by atoms with Gasteiger partial charge in [0.25, 0.3) is 0 Å². The van der Waals surface area contributed by atoms with Gasteiger partial charge in [0.2, 0.25) is 0 Å². The van der Waals surface area contributed by atoms with Crippen molar-refractivity contribution in [1.29, 1.82) is 0 Å². The molecule has 16 heavy (non-hydrogen) atoms. The topological polar surface area (TPSA) is 55.6 Å². The van der Waals surface area contributed by atoms with Gasteiger partial charge in [0.1, 0.15) is 12.7 Å². The van der Waals surface area contributed by atoms with Crippen LogP contribution in [-0.2, 0) is 0 Å². The average molecular weight is 217 g/mol. The molecule has 0 bridgehead atoms. The van der Waals surface area contributed by atoms with E-state index in [4.69, 9.17) is 0 Å². The van der Waals surface area contributed by atoms with E-state index in [1.807, 2.05) is 12.1 Å². The van der Waals surface area contributed by atoms with E-state index in [2.05, 4.69) is 34.2 Å². The molecule has 0 atom stereocenters. The zero-order valence-corrected chi connectivity index (χ0v) is 9.46. The fourth-order valence-corrected chi connectivity index (χ4v) is 1.27. The van der Waals surface area contributed by atoms with E-state index in [1.54, 1.807) is 17.2 Å². The summed E-state index contributed by atoms with van der Waals surface area (Å²) in [5.41, 5.74) is 1.03. The minimum absolute atomic E-state index is 0.620. The normalized spacial score (nSPS) is 10.7. The molecule has 2 aromatic heterocycles. The number of rotatable bonds is 4. The third-order valence-electron chi connectivity index (χ3n) is 2.12. The van der Waals surface area contributed by atoms with Crippen molar-refractivity contribution in [2.45, 2.75) is 13.8 Å². The maximum Gasteiger partial charge on any atom is 0.155 e. The predicted octanol–water partition coefficient (Wildman–Crippen LogP) is 1.73. The van der Waals surface area contributed by atoms with Crippen LogP contribution < -0.4 is 5.32 Å². The molecule has 0 amide bonds. The van der Waals surface area contributed by atoms with Crippen molar-refractivity contribution < 1.29 is 0 Å². The van der Waals surface area contributed by atoms with Crippen LogP contribution in [-0.4, -0.2) is 26.3 Å². The van der Waals surface area contributed by atoms with Crippen LogP contribution in [0.25, 0.3) is 5.82 Å². The molecule has 2 aromatic rings. The molecular formula is C11H15N5. The highest BCUT2D eigenvalue weighted by molar-refractivity contribution is 5.43. The molecule has 5 nitrogen and oxygen atoms in total. The molecule has 0 radical (unpaired) electrons. The minimum atomic E-state index is 0.620. The maximum atomic E-state index is 4.30. The highest BCUT2D eigenvalue weighted by Gasteiger charge is 1.99. The lowest BCUT2D eigenvalue weighted by Crippen LogP contribution is -2.08. The lowest BCUT2D eigenvalue weighted by Gasteiger charge is -2.08. The van der Waals surface area contributed by atoms with Gasteiger partial charge in [0, 0.05) is 6.54 Å². The highest BCUT2D eigenvalue weighted by Crippen LogP contribution is 2.09. The number of aromatic nitrogens is 4. The Kier molecular flexibility index (Phi) is 3.14. The Hall–Kier alpha value is -1.91. The molecule has 84 valence electrons. The number of anilines is 1. The van der Waals surface area contributed by atoms with Crippen LogP contribution >= 0.6 is 0 Å². The zero-order chi connectivity index (χ0) is 11.4. The Bertz CT molecular complexity index is 418. The van der Waals surface area contributed by atoms with Gasteiger partial charge < -0.3 is 5.32 Å². The van der Waals surface area contributed by atoms with E-state index in [1.165, 1.54) is 6.33 Å². The molecule has 0 aromatic carbocycles. The van der Waals surface area contributed by atoms with E-state index < -0.39 is 0 Å². The van der Waals surface area contributed by atoms with Gasteiger partial charge in [-0.3, -0.25) is 0 Å². The molecule has 0 fully saturated rings. The standard InChI is InChI=1S/C11H15N5/c1-9(2)5-13-10-3-4-11(14-6-10)16-8-12-7-15-16/h3-4,6-9,13H,5H2,1-2H3. The van der Waals surface area contributed by atoms with Crippen molar-refractivity contribution >= 4 is 5.69 Å². The van der Waals surface area contributed by atoms with Gasteiger partial charge in [-0.05, 0) is 18.1 Å². The SMILES string of the molecule is CC(C)CNc1ccc(-n2cncn2)nc1. The van der Waals surface area contributed by atoms with Crippen LogP contribution in [0.5, 0.6) is 0 Å². The molecule has 0 spiro atoms. The number of pyridine rings is 1. The Morgan fingerprint density at radius 3 is 2.81 bits per heavy atom. The van der Waals surface area contributed by atoms with Crippen LogP contribution in [0.15, 0.2) is 31.0 Å². The lowest BCUT2D eigenvalue weighted by atomic mass is 10.2. The molecule has 0 saturated carbocycles. The van der Waals surface area contributed by atoms with E-state index in [0.717, 1.165) is 18.1 Å². The first-order valence-corrected chi connectivity index (χ1v) is 5.30. The summed E-state index contributed by atoms with van der Waals surface area (Å²) in [6.07, 6.45) is 4.93. The van der Waals surface area contributed by atoms with E-state index in [-0.39, 0.29) is 0 Å². The number of nitrogens with zero attached hydrogens (tertiary/aromatic N) is 4. The Balaban J connectivity index is 2.05. The summed E-state index contributed by atoms with van der Waals surface area (Å²) in [5.74, 6) is 1.39. The minimum Gasteiger partial charge on any atom is -0.384 e. The third-order valence-corrected chi connectivity index (χ3v) is 2.12. The van der Waals surface area contributed by atoms with Crippen LogP contribution in [0.2, 0.25) is 0 Å². The fraction of sp³-hybridized carbons (Fsp3) is 0.364. The largest absolute Gasteiger partial charge is 0.384 e. The highest BCUT2D eigenvalue weighted by atomic mass is 15.3. The first kappa shape index (κ1) is 10.6. The van der Waals surface area contributed by atoms with E-state index in [0.29, 0.717) is 5.92 Å². The third kappa shape index (κ3) is 2.56. The number of nitrogens with one attached hydrogen (secondary N) is 1. The van der Waals surface area contributed by atoms with Crippen molar-refractivity contribution in [1.82, 2.24) is 19.7 Å². The van der Waals surface area contributed by atoms with E-state index >= 15 is 0 Å². The molecule has 1 N–H and O–H groups in total. The van der Waals surface area contributed by atoms with Gasteiger partial charge in [0.15, 0.2) is 5.82 Å². The molecule has 0 saturated heterocycles. The smallest absolute Gasteiger partial charge is 0.155 e. The lowest BCUT2D eigenvalue weighted by molar-refractivity contribution is 0.688. The summed E-state index contributed by atoms with van der Waals surface area (Å²) in [6, 6.07) is 3.91. The van der Waals surface area contributed by atoms with Crippen LogP contribution in [0, 0.1) is 5.92 Å². The van der Waals surface area contributed by atoms with Gasteiger partial charge in [-0.1, -0.05) is 13.8 Å². The predicted molar refractivity (Wildman–Crippen MR) is 62.5 cm³/mol. The van der Waals surface area contributed by atoms with E-state index in [9.17, 15) is 0 Å². The monoisotopic (exact) mass is 217 g/mol. The second kappa shape index (κ2) is 4.74. The molecule has 2 heterocycles. The van der Waals surface area contributed by atoms with Gasteiger partial charge in [-0.15, -0.1) is 0 Å². The summed E-state index contributed by atoms with van der Waals surface area (Å²) >= 11 is 0. The summed E-state index contributed by atoms with van der Waals surface area (Å²) in [6.45, 7) is 5.29. The van der Waals surface area contributed by atoms with Crippen LogP contribution in [0.1, 0.15) is 13.8 Å². The van der Waals surface area contributed by atoms with Crippen molar-refractivity contribution in [2.24, 2.45) is 5.92 Å². The van der Waals surface area contributed by atoms with Gasteiger partial charge in [0.05, 0.1) is 11.9 Å². The van der Waals surface area contributed by atoms with Crippen LogP contribution in [0.4, 0.5) is 5.69 Å². The molecule has 0 unspecified atom stereocenters. The van der Waals surface area contributed by atoms with Crippen LogP contribution in [0.3, 0.4) is 0 Å². The second-order valence-corrected chi connectivity index (χ2v) is 4.02. The second-order valence-electron chi connectivity index (χ2n) is 4.02. The van der Waals surface area contributed by atoms with Crippen molar-refractivity contribution in [2.75, 3.05) is 11.9 Å². The number of hydrogen-bond acceptors (Lipinski definition) is 4. The molecule has 0 aliphatic carbocycles. The Labute approximate surface area is 94.5 Å². The molecule has 5 heteroatoms. The van der Waals surface area contributed by atoms with Crippen molar-refractivity contribution in [3.63, 3.8) is 0 Å². The zero-order valence-electron chi connectivity index (χ0n) is 9.46. The van der Waals surface area contributed by atoms with Gasteiger partial charge >= 0.3 is 0 Å². The number of hydrogen-bond donors (Lipinski definition) is 1. The summed E-state index contributed by atoms with van der Waals surface area (Å²) in [7, 11) is 0. The molecule has 0 aliphatic rings. The summed E-state index contributed by atoms with van der Waals surface area (Å²) in [5, 5.41) is 7.32. The first-order valence-electron chi connectivity index (χ1n) is 5.30. The average Bonchev–Trinajstić information content (AvgIpc) is 2.80. The summed E-state index contributed by atoms with van der Waals surface area (Å²) in [4.78, 5) is 8.17. The Morgan fingerprint density at radius 2 is 2.25 bits per heavy atom. The summed E-state index contributed by atoms with van der Waals surface area (Å²) < 4.78 is 1.63. The van der Waals surface area contributed by atoms with Crippen molar-refractivity contribution in [3.8, 4) is 5.82 Å². The maximum absolute atomic E-state index is 4.30. The molecule has 0 aliphatic heterocycles. The molecular weight excluding hydrogens is 202 g/mol. The van der Waals surface area contributed by atoms with Gasteiger partial charge in [-0.25, -0.2) is 14.6 Å². The van der Waals surface area contributed by atoms with Gasteiger partial charge in [-0.2, -0.15) is 5.10 Å². The molecule has 2 rings (SSSR count). The fourth-order valence-electron chi connectivity index (χ4n) is 1.27.